The molecule has 21 heavy (non-hydrogen) atoms. The maximum absolute atomic E-state index is 13.0. The number of nitro benzene ring substituents is 1. The summed E-state index contributed by atoms with van der Waals surface area (Å²) < 4.78 is 13.0. The maximum atomic E-state index is 13.0. The molecule has 1 aromatic carbocycles. The van der Waals surface area contributed by atoms with Crippen molar-refractivity contribution in [1.82, 2.24) is 10.6 Å². The van der Waals surface area contributed by atoms with Crippen LogP contribution in [0.25, 0.3) is 0 Å². The van der Waals surface area contributed by atoms with E-state index >= 15 is 0 Å². The first kappa shape index (κ1) is 17.3. The van der Waals surface area contributed by atoms with Gasteiger partial charge in [-0.1, -0.05) is 0 Å². The second-order valence-electron chi connectivity index (χ2n) is 4.76. The summed E-state index contributed by atoms with van der Waals surface area (Å²) in [6.07, 6.45) is 2.98. The van der Waals surface area contributed by atoms with Gasteiger partial charge in [0.05, 0.1) is 11.0 Å². The van der Waals surface area contributed by atoms with E-state index in [0.717, 1.165) is 44.0 Å². The topological polar surface area (TPSA) is 84.3 Å². The normalized spacial score (nSPS) is 17.1. The number of carbonyl (C=O) groups is 1. The molecule has 1 amide bonds. The van der Waals surface area contributed by atoms with E-state index in [0.29, 0.717) is 12.6 Å². The third-order valence-electron chi connectivity index (χ3n) is 3.34. The van der Waals surface area contributed by atoms with E-state index in [1.807, 2.05) is 0 Å². The molecule has 8 heteroatoms. The molecule has 0 saturated carbocycles. The predicted molar refractivity (Wildman–Crippen MR) is 78.3 cm³/mol. The molecule has 1 aliphatic heterocycles. The molecule has 0 unspecified atom stereocenters. The Morgan fingerprint density at radius 1 is 1.52 bits per heavy atom. The standard InChI is InChI=1S/C13H16FN3O3.ClH/c14-9-3-4-11(12(8-9)17(19)20)13(18)16-7-5-10-2-1-6-15-10;/h3-4,8,10,15H,1-2,5-7H2,(H,16,18);1H/t10-;/m1./s1. The molecule has 0 radical (unpaired) electrons. The number of nitro groups is 1. The number of carbonyl (C=O) groups excluding carboxylic acids is 1. The zero-order chi connectivity index (χ0) is 14.5. The Morgan fingerprint density at radius 3 is 2.90 bits per heavy atom. The molecular weight excluding hydrogens is 301 g/mol. The molecular formula is C13H17ClFN3O3. The highest BCUT2D eigenvalue weighted by Gasteiger charge is 2.21. The first-order chi connectivity index (χ1) is 9.58. The monoisotopic (exact) mass is 317 g/mol. The molecule has 1 atom stereocenters. The van der Waals surface area contributed by atoms with Gasteiger partial charge >= 0.3 is 0 Å². The van der Waals surface area contributed by atoms with E-state index in [1.165, 1.54) is 0 Å². The molecule has 2 rings (SSSR count). The fraction of sp³-hybridized carbons (Fsp3) is 0.462. The van der Waals surface area contributed by atoms with Crippen molar-refractivity contribution in [2.75, 3.05) is 13.1 Å². The number of benzene rings is 1. The van der Waals surface area contributed by atoms with E-state index in [2.05, 4.69) is 10.6 Å². The Kier molecular flexibility index (Phi) is 6.51. The Balaban J connectivity index is 0.00000220. The van der Waals surface area contributed by atoms with Crippen LogP contribution in [0.3, 0.4) is 0 Å². The zero-order valence-electron chi connectivity index (χ0n) is 11.3. The minimum Gasteiger partial charge on any atom is -0.352 e. The lowest BCUT2D eigenvalue weighted by atomic mass is 10.1. The molecule has 2 N–H and O–H groups in total. The maximum Gasteiger partial charge on any atom is 0.285 e. The number of hydrogen-bond acceptors (Lipinski definition) is 4. The van der Waals surface area contributed by atoms with E-state index < -0.39 is 22.3 Å². The third kappa shape index (κ3) is 4.64. The van der Waals surface area contributed by atoms with Gasteiger partial charge in [-0.05, 0) is 37.9 Å². The van der Waals surface area contributed by atoms with Crippen LogP contribution in [0, 0.1) is 15.9 Å². The van der Waals surface area contributed by atoms with Crippen LogP contribution in [-0.2, 0) is 0 Å². The molecule has 1 aromatic rings. The van der Waals surface area contributed by atoms with Crippen molar-refractivity contribution in [2.45, 2.75) is 25.3 Å². The average Bonchev–Trinajstić information content (AvgIpc) is 2.91. The SMILES string of the molecule is Cl.O=C(NCC[C@H]1CCCN1)c1ccc(F)cc1[N+](=O)[O-]. The van der Waals surface area contributed by atoms with Crippen molar-refractivity contribution in [3.05, 3.63) is 39.7 Å². The summed E-state index contributed by atoms with van der Waals surface area (Å²) in [4.78, 5) is 22.0. The number of halogens is 2. The van der Waals surface area contributed by atoms with Crippen molar-refractivity contribution < 1.29 is 14.1 Å². The van der Waals surface area contributed by atoms with E-state index in [4.69, 9.17) is 0 Å². The van der Waals surface area contributed by atoms with Gasteiger partial charge < -0.3 is 10.6 Å². The van der Waals surface area contributed by atoms with E-state index in [1.54, 1.807) is 0 Å². The smallest absolute Gasteiger partial charge is 0.285 e. The number of amides is 1. The van der Waals surface area contributed by atoms with Gasteiger partial charge in [0, 0.05) is 12.6 Å². The molecule has 1 aliphatic rings. The number of nitrogens with one attached hydrogen (secondary N) is 2. The molecule has 1 fully saturated rings. The van der Waals surface area contributed by atoms with Crippen LogP contribution in [0.1, 0.15) is 29.6 Å². The largest absolute Gasteiger partial charge is 0.352 e. The summed E-state index contributed by atoms with van der Waals surface area (Å²) in [5.41, 5.74) is -0.628. The highest BCUT2D eigenvalue weighted by atomic mass is 35.5. The highest BCUT2D eigenvalue weighted by Crippen LogP contribution is 2.19. The predicted octanol–water partition coefficient (Wildman–Crippen LogP) is 2.03. The molecule has 0 aliphatic carbocycles. The van der Waals surface area contributed by atoms with Gasteiger partial charge in [-0.25, -0.2) is 4.39 Å². The molecule has 0 spiro atoms. The Morgan fingerprint density at radius 2 is 2.29 bits per heavy atom. The van der Waals surface area contributed by atoms with Crippen molar-refractivity contribution in [3.8, 4) is 0 Å². The Hall–Kier alpha value is -1.73. The van der Waals surface area contributed by atoms with Crippen LogP contribution in [0.4, 0.5) is 10.1 Å². The molecule has 6 nitrogen and oxygen atoms in total. The lowest BCUT2D eigenvalue weighted by molar-refractivity contribution is -0.385. The Labute approximate surface area is 127 Å². The first-order valence-electron chi connectivity index (χ1n) is 6.53. The Bertz CT molecular complexity index is 521. The van der Waals surface area contributed by atoms with Gasteiger partial charge in [-0.3, -0.25) is 14.9 Å². The van der Waals surface area contributed by atoms with Crippen LogP contribution in [-0.4, -0.2) is 30.0 Å². The number of nitrogens with zero attached hydrogens (tertiary/aromatic N) is 1. The van der Waals surface area contributed by atoms with Crippen molar-refractivity contribution in [3.63, 3.8) is 0 Å². The second-order valence-corrected chi connectivity index (χ2v) is 4.76. The summed E-state index contributed by atoms with van der Waals surface area (Å²) in [6.45, 7) is 1.42. The zero-order valence-corrected chi connectivity index (χ0v) is 12.1. The van der Waals surface area contributed by atoms with Crippen LogP contribution in [0.5, 0.6) is 0 Å². The highest BCUT2D eigenvalue weighted by molar-refractivity contribution is 5.98. The third-order valence-corrected chi connectivity index (χ3v) is 3.34. The van der Waals surface area contributed by atoms with Gasteiger partial charge in [-0.2, -0.15) is 0 Å². The van der Waals surface area contributed by atoms with Crippen LogP contribution in [0.15, 0.2) is 18.2 Å². The van der Waals surface area contributed by atoms with Crippen LogP contribution < -0.4 is 10.6 Å². The average molecular weight is 318 g/mol. The van der Waals surface area contributed by atoms with E-state index in [-0.39, 0.29) is 18.0 Å². The molecule has 1 heterocycles. The van der Waals surface area contributed by atoms with Crippen LogP contribution >= 0.6 is 12.4 Å². The summed E-state index contributed by atoms with van der Waals surface area (Å²) in [5, 5.41) is 16.7. The number of rotatable bonds is 5. The van der Waals surface area contributed by atoms with Gasteiger partial charge in [0.25, 0.3) is 11.6 Å². The van der Waals surface area contributed by atoms with Gasteiger partial charge in [0.2, 0.25) is 0 Å². The molecule has 116 valence electrons. The summed E-state index contributed by atoms with van der Waals surface area (Å²) in [6, 6.07) is 3.32. The first-order valence-corrected chi connectivity index (χ1v) is 6.53. The quantitative estimate of drug-likeness (QED) is 0.643. The van der Waals surface area contributed by atoms with Gasteiger partial charge in [0.15, 0.2) is 0 Å². The van der Waals surface area contributed by atoms with E-state index in [9.17, 15) is 19.3 Å². The van der Waals surface area contributed by atoms with Crippen molar-refractivity contribution in [1.29, 1.82) is 0 Å². The molecule has 0 aromatic heterocycles. The molecule has 1 saturated heterocycles. The minimum absolute atomic E-state index is 0. The van der Waals surface area contributed by atoms with Crippen molar-refractivity contribution in [2.24, 2.45) is 0 Å². The lowest BCUT2D eigenvalue weighted by Gasteiger charge is -2.10. The lowest BCUT2D eigenvalue weighted by Crippen LogP contribution is -2.30. The fourth-order valence-electron chi connectivity index (χ4n) is 2.31. The summed E-state index contributed by atoms with van der Waals surface area (Å²) in [5.74, 6) is -1.28. The van der Waals surface area contributed by atoms with Crippen LogP contribution in [0.2, 0.25) is 0 Å². The molecule has 0 bridgehead atoms. The van der Waals surface area contributed by atoms with Gasteiger partial charge in [0.1, 0.15) is 11.4 Å². The number of hydrogen-bond donors (Lipinski definition) is 2. The fourth-order valence-corrected chi connectivity index (χ4v) is 2.31. The van der Waals surface area contributed by atoms with Crippen molar-refractivity contribution >= 4 is 24.0 Å². The second kappa shape index (κ2) is 7.90. The van der Waals surface area contributed by atoms with Gasteiger partial charge in [-0.15, -0.1) is 12.4 Å². The summed E-state index contributed by atoms with van der Waals surface area (Å²) >= 11 is 0. The minimum atomic E-state index is -0.753. The summed E-state index contributed by atoms with van der Waals surface area (Å²) in [7, 11) is 0.